The molecule has 138 valence electrons. The van der Waals surface area contributed by atoms with E-state index in [1.807, 2.05) is 0 Å². The van der Waals surface area contributed by atoms with Crippen LogP contribution in [0.1, 0.15) is 10.4 Å². The molecule has 0 saturated carbocycles. The second-order valence-corrected chi connectivity index (χ2v) is 5.31. The van der Waals surface area contributed by atoms with Gasteiger partial charge in [-0.05, 0) is 42.5 Å². The van der Waals surface area contributed by atoms with E-state index < -0.39 is 25.1 Å². The Morgan fingerprint density at radius 2 is 1.85 bits per heavy atom. The average Bonchev–Trinajstić information content (AvgIpc) is 2.60. The summed E-state index contributed by atoms with van der Waals surface area (Å²) < 4.78 is 38.3. The van der Waals surface area contributed by atoms with E-state index in [0.29, 0.717) is 16.5 Å². The van der Waals surface area contributed by atoms with E-state index in [0.717, 1.165) is 0 Å². The lowest BCUT2D eigenvalue weighted by Crippen LogP contribution is -2.21. The van der Waals surface area contributed by atoms with Crippen molar-refractivity contribution < 1.29 is 32.6 Å². The zero-order valence-corrected chi connectivity index (χ0v) is 14.3. The SMILES string of the molecule is COc1ccc(Cl)cc1NC(=O)COC(=O)c1ccc(OC(F)F)cc1. The molecule has 0 aliphatic carbocycles. The molecule has 0 unspecified atom stereocenters. The van der Waals surface area contributed by atoms with E-state index in [9.17, 15) is 18.4 Å². The summed E-state index contributed by atoms with van der Waals surface area (Å²) in [6.07, 6.45) is 0. The molecule has 0 spiro atoms. The Bertz CT molecular complexity index is 783. The third kappa shape index (κ3) is 5.59. The molecule has 1 N–H and O–H groups in total. The van der Waals surface area contributed by atoms with Gasteiger partial charge in [0.05, 0.1) is 18.4 Å². The van der Waals surface area contributed by atoms with Gasteiger partial charge >= 0.3 is 12.6 Å². The van der Waals surface area contributed by atoms with Crippen LogP contribution < -0.4 is 14.8 Å². The summed E-state index contributed by atoms with van der Waals surface area (Å²) in [5.74, 6) is -1.09. The summed E-state index contributed by atoms with van der Waals surface area (Å²) >= 11 is 5.86. The Balaban J connectivity index is 1.90. The molecule has 0 bridgehead atoms. The maximum atomic E-state index is 12.1. The molecule has 0 aliphatic heterocycles. The van der Waals surface area contributed by atoms with Crippen molar-refractivity contribution in [2.45, 2.75) is 6.61 Å². The van der Waals surface area contributed by atoms with Crippen molar-refractivity contribution in [1.29, 1.82) is 0 Å². The fraction of sp³-hybridized carbons (Fsp3) is 0.176. The molecule has 0 saturated heterocycles. The first-order chi connectivity index (χ1) is 12.4. The molecule has 0 atom stereocenters. The van der Waals surface area contributed by atoms with Crippen LogP contribution in [-0.4, -0.2) is 32.2 Å². The molecule has 0 heterocycles. The number of benzene rings is 2. The number of rotatable bonds is 7. The number of nitrogens with one attached hydrogen (secondary N) is 1. The van der Waals surface area contributed by atoms with Crippen LogP contribution in [-0.2, 0) is 9.53 Å². The summed E-state index contributed by atoms with van der Waals surface area (Å²) in [5, 5.41) is 2.90. The highest BCUT2D eigenvalue weighted by molar-refractivity contribution is 6.31. The van der Waals surface area contributed by atoms with Crippen LogP contribution in [0.15, 0.2) is 42.5 Å². The van der Waals surface area contributed by atoms with Crippen molar-refractivity contribution in [3.63, 3.8) is 0 Å². The Kier molecular flexibility index (Phi) is 6.74. The molecule has 6 nitrogen and oxygen atoms in total. The highest BCUT2D eigenvalue weighted by Crippen LogP contribution is 2.27. The fourth-order valence-corrected chi connectivity index (χ4v) is 2.12. The van der Waals surface area contributed by atoms with Gasteiger partial charge in [0.25, 0.3) is 5.91 Å². The zero-order valence-electron chi connectivity index (χ0n) is 13.5. The largest absolute Gasteiger partial charge is 0.495 e. The number of ether oxygens (including phenoxy) is 3. The summed E-state index contributed by atoms with van der Waals surface area (Å²) in [6.45, 7) is -3.51. The Morgan fingerprint density at radius 1 is 1.15 bits per heavy atom. The first-order valence-electron chi connectivity index (χ1n) is 7.24. The minimum atomic E-state index is -2.96. The summed E-state index contributed by atoms with van der Waals surface area (Å²) in [7, 11) is 1.43. The van der Waals surface area contributed by atoms with E-state index in [4.69, 9.17) is 21.1 Å². The molecule has 1 amide bonds. The Hall–Kier alpha value is -2.87. The van der Waals surface area contributed by atoms with Crippen LogP contribution in [0.4, 0.5) is 14.5 Å². The molecule has 0 radical (unpaired) electrons. The number of halogens is 3. The second kappa shape index (κ2) is 9.00. The van der Waals surface area contributed by atoms with Gasteiger partial charge in [-0.2, -0.15) is 8.78 Å². The van der Waals surface area contributed by atoms with Crippen molar-refractivity contribution in [1.82, 2.24) is 0 Å². The minimum Gasteiger partial charge on any atom is -0.495 e. The third-order valence-electron chi connectivity index (χ3n) is 3.09. The van der Waals surface area contributed by atoms with E-state index >= 15 is 0 Å². The first kappa shape index (κ1) is 19.5. The lowest BCUT2D eigenvalue weighted by molar-refractivity contribution is -0.119. The van der Waals surface area contributed by atoms with Crippen LogP contribution >= 0.6 is 11.6 Å². The lowest BCUT2D eigenvalue weighted by atomic mass is 10.2. The molecule has 0 aliphatic rings. The van der Waals surface area contributed by atoms with E-state index in [2.05, 4.69) is 10.1 Å². The lowest BCUT2D eigenvalue weighted by Gasteiger charge is -2.11. The smallest absolute Gasteiger partial charge is 0.387 e. The fourth-order valence-electron chi connectivity index (χ4n) is 1.95. The van der Waals surface area contributed by atoms with Crippen molar-refractivity contribution in [2.24, 2.45) is 0 Å². The first-order valence-corrected chi connectivity index (χ1v) is 7.62. The predicted octanol–water partition coefficient (Wildman–Crippen LogP) is 3.75. The molecular weight excluding hydrogens is 372 g/mol. The minimum absolute atomic E-state index is 0.0831. The van der Waals surface area contributed by atoms with E-state index in [-0.39, 0.29) is 11.3 Å². The molecule has 0 aromatic heterocycles. The number of methoxy groups -OCH3 is 1. The van der Waals surface area contributed by atoms with Gasteiger partial charge in [-0.1, -0.05) is 11.6 Å². The van der Waals surface area contributed by atoms with Gasteiger partial charge in [0.2, 0.25) is 0 Å². The summed E-state index contributed by atoms with van der Waals surface area (Å²) in [6, 6.07) is 9.54. The summed E-state index contributed by atoms with van der Waals surface area (Å²) in [4.78, 5) is 23.8. The zero-order chi connectivity index (χ0) is 19.1. The van der Waals surface area contributed by atoms with E-state index in [1.54, 1.807) is 12.1 Å². The normalized spacial score (nSPS) is 10.3. The Morgan fingerprint density at radius 3 is 2.46 bits per heavy atom. The Labute approximate surface area is 152 Å². The van der Waals surface area contributed by atoms with Gasteiger partial charge in [-0.25, -0.2) is 4.79 Å². The van der Waals surface area contributed by atoms with Crippen molar-refractivity contribution in [3.05, 3.63) is 53.1 Å². The van der Waals surface area contributed by atoms with Crippen molar-refractivity contribution in [2.75, 3.05) is 19.0 Å². The van der Waals surface area contributed by atoms with Crippen molar-refractivity contribution in [3.8, 4) is 11.5 Å². The van der Waals surface area contributed by atoms with Gasteiger partial charge in [0.1, 0.15) is 11.5 Å². The highest BCUT2D eigenvalue weighted by atomic mass is 35.5. The third-order valence-corrected chi connectivity index (χ3v) is 3.32. The average molecular weight is 386 g/mol. The molecule has 0 fully saturated rings. The number of carbonyl (C=O) groups excluding carboxylic acids is 2. The van der Waals surface area contributed by atoms with Crippen LogP contribution in [0.2, 0.25) is 5.02 Å². The maximum absolute atomic E-state index is 12.1. The number of anilines is 1. The standard InChI is InChI=1S/C17H14ClF2NO5/c1-24-14-7-4-11(18)8-13(14)21-15(22)9-25-16(23)10-2-5-12(6-3-10)26-17(19)20/h2-8,17H,9H2,1H3,(H,21,22). The molecule has 2 rings (SSSR count). The van der Waals surface area contributed by atoms with Crippen molar-refractivity contribution >= 4 is 29.2 Å². The molecule has 2 aromatic rings. The molecule has 26 heavy (non-hydrogen) atoms. The van der Waals surface area contributed by atoms with Crippen LogP contribution in [0.5, 0.6) is 11.5 Å². The highest BCUT2D eigenvalue weighted by Gasteiger charge is 2.13. The van der Waals surface area contributed by atoms with E-state index in [1.165, 1.54) is 37.4 Å². The second-order valence-electron chi connectivity index (χ2n) is 4.87. The van der Waals surface area contributed by atoms with Gasteiger partial charge in [0, 0.05) is 5.02 Å². The van der Waals surface area contributed by atoms with Crippen LogP contribution in [0.25, 0.3) is 0 Å². The maximum Gasteiger partial charge on any atom is 0.387 e. The number of esters is 1. The number of carbonyl (C=O) groups is 2. The van der Waals surface area contributed by atoms with Gasteiger partial charge in [0.15, 0.2) is 6.61 Å². The van der Waals surface area contributed by atoms with Crippen LogP contribution in [0, 0.1) is 0 Å². The molecule has 2 aromatic carbocycles. The number of amides is 1. The monoisotopic (exact) mass is 385 g/mol. The molecule has 9 heteroatoms. The quantitative estimate of drug-likeness (QED) is 0.735. The number of alkyl halides is 2. The molecular formula is C17H14ClF2NO5. The van der Waals surface area contributed by atoms with Gasteiger partial charge < -0.3 is 19.5 Å². The number of hydrogen-bond acceptors (Lipinski definition) is 5. The summed E-state index contributed by atoms with van der Waals surface area (Å²) in [5.41, 5.74) is 0.411. The topological polar surface area (TPSA) is 73.9 Å². The van der Waals surface area contributed by atoms with Crippen LogP contribution in [0.3, 0.4) is 0 Å². The number of hydrogen-bond donors (Lipinski definition) is 1. The predicted molar refractivity (Wildman–Crippen MR) is 90.0 cm³/mol. The van der Waals surface area contributed by atoms with Gasteiger partial charge in [-0.15, -0.1) is 0 Å². The van der Waals surface area contributed by atoms with Gasteiger partial charge in [-0.3, -0.25) is 4.79 Å².